The molecule has 170 valence electrons. The van der Waals surface area contributed by atoms with Crippen molar-refractivity contribution in [3.63, 3.8) is 0 Å². The van der Waals surface area contributed by atoms with Crippen molar-refractivity contribution in [3.05, 3.63) is 60.7 Å². The number of carbonyl (C=O) groups is 1. The van der Waals surface area contributed by atoms with Crippen LogP contribution in [0.15, 0.2) is 64.9 Å². The molecular weight excluding hydrogens is 472 g/mol. The maximum Gasteiger partial charge on any atom is 0.257 e. The molecule has 0 atom stereocenters. The molecule has 1 aromatic heterocycles. The predicted molar refractivity (Wildman–Crippen MR) is 125 cm³/mol. The van der Waals surface area contributed by atoms with Crippen LogP contribution in [0.25, 0.3) is 10.2 Å². The number of carbonyl (C=O) groups excluding carboxylic acids is 1. The molecule has 2 aromatic carbocycles. The van der Waals surface area contributed by atoms with E-state index in [1.54, 1.807) is 19.9 Å². The second kappa shape index (κ2) is 9.46. The normalized spacial score (nSPS) is 12.2. The molecule has 3 N–H and O–H groups in total. The number of benzene rings is 2. The number of hydrogen-bond donors (Lipinski definition) is 3. The highest BCUT2D eigenvalue weighted by Crippen LogP contribution is 2.28. The number of thiazole rings is 1. The van der Waals surface area contributed by atoms with Gasteiger partial charge < -0.3 is 0 Å². The number of anilines is 1. The van der Waals surface area contributed by atoms with Gasteiger partial charge >= 0.3 is 0 Å². The van der Waals surface area contributed by atoms with Gasteiger partial charge in [0.1, 0.15) is 0 Å². The van der Waals surface area contributed by atoms with Crippen molar-refractivity contribution in [2.45, 2.75) is 29.7 Å². The Morgan fingerprint density at radius 1 is 1.06 bits per heavy atom. The number of nitrogens with zero attached hydrogens (tertiary/aromatic N) is 1. The zero-order valence-electron chi connectivity index (χ0n) is 17.3. The average molecular weight is 495 g/mol. The minimum atomic E-state index is -3.68. The summed E-state index contributed by atoms with van der Waals surface area (Å²) in [6.07, 6.45) is 1.43. The van der Waals surface area contributed by atoms with E-state index in [-0.39, 0.29) is 27.9 Å². The van der Waals surface area contributed by atoms with Crippen LogP contribution >= 0.6 is 11.3 Å². The zero-order valence-corrected chi connectivity index (χ0v) is 19.8. The van der Waals surface area contributed by atoms with E-state index in [2.05, 4.69) is 26.3 Å². The monoisotopic (exact) mass is 494 g/mol. The molecule has 3 rings (SSSR count). The SMILES string of the molecule is C=CCNS(=O)(=O)c1ccc(C(=O)Nc2nc3ccc(S(=O)(=O)NC(C)C)cc3s2)cc1. The van der Waals surface area contributed by atoms with Crippen molar-refractivity contribution in [3.8, 4) is 0 Å². The molecule has 0 aliphatic carbocycles. The number of fused-ring (bicyclic) bond motifs is 1. The maximum absolute atomic E-state index is 12.5. The average Bonchev–Trinajstić information content (AvgIpc) is 3.13. The lowest BCUT2D eigenvalue weighted by Crippen LogP contribution is -2.30. The smallest absolute Gasteiger partial charge is 0.257 e. The highest BCUT2D eigenvalue weighted by molar-refractivity contribution is 7.89. The van der Waals surface area contributed by atoms with Gasteiger partial charge in [0.25, 0.3) is 5.91 Å². The number of aromatic nitrogens is 1. The highest BCUT2D eigenvalue weighted by atomic mass is 32.2. The van der Waals surface area contributed by atoms with Crippen LogP contribution in [0.4, 0.5) is 5.13 Å². The van der Waals surface area contributed by atoms with Gasteiger partial charge in [-0.25, -0.2) is 31.3 Å². The molecular formula is C20H22N4O5S3. The lowest BCUT2D eigenvalue weighted by molar-refractivity contribution is 0.102. The first-order valence-corrected chi connectivity index (χ1v) is 13.2. The molecule has 0 fully saturated rings. The molecule has 0 aliphatic rings. The molecule has 3 aromatic rings. The van der Waals surface area contributed by atoms with Crippen molar-refractivity contribution in [1.29, 1.82) is 0 Å². The van der Waals surface area contributed by atoms with Crippen LogP contribution in [-0.4, -0.2) is 40.3 Å². The van der Waals surface area contributed by atoms with Gasteiger partial charge in [-0.3, -0.25) is 10.1 Å². The Balaban J connectivity index is 1.78. The van der Waals surface area contributed by atoms with E-state index in [9.17, 15) is 21.6 Å². The molecule has 0 bridgehead atoms. The van der Waals surface area contributed by atoms with Gasteiger partial charge in [-0.1, -0.05) is 17.4 Å². The summed E-state index contributed by atoms with van der Waals surface area (Å²) in [5.41, 5.74) is 0.792. The van der Waals surface area contributed by atoms with Crippen LogP contribution in [-0.2, 0) is 20.0 Å². The van der Waals surface area contributed by atoms with Crippen LogP contribution in [0, 0.1) is 0 Å². The quantitative estimate of drug-likeness (QED) is 0.392. The van der Waals surface area contributed by atoms with Gasteiger partial charge in [-0.2, -0.15) is 0 Å². The Morgan fingerprint density at radius 2 is 1.72 bits per heavy atom. The Bertz CT molecular complexity index is 1360. The minimum absolute atomic E-state index is 0.0274. The van der Waals surface area contributed by atoms with E-state index in [1.165, 1.54) is 42.5 Å². The van der Waals surface area contributed by atoms with E-state index in [0.29, 0.717) is 15.3 Å². The lowest BCUT2D eigenvalue weighted by atomic mass is 10.2. The second-order valence-corrected chi connectivity index (χ2v) is 11.6. The fraction of sp³-hybridized carbons (Fsp3) is 0.200. The zero-order chi connectivity index (χ0) is 23.5. The number of sulfonamides is 2. The highest BCUT2D eigenvalue weighted by Gasteiger charge is 2.18. The third kappa shape index (κ3) is 5.58. The first kappa shape index (κ1) is 24.0. The molecule has 32 heavy (non-hydrogen) atoms. The van der Waals surface area contributed by atoms with E-state index >= 15 is 0 Å². The number of rotatable bonds is 9. The molecule has 12 heteroatoms. The van der Waals surface area contributed by atoms with E-state index in [4.69, 9.17) is 0 Å². The standard InChI is InChI=1S/C20H22N4O5S3/c1-4-11-21-31(26,27)15-7-5-14(6-8-15)19(25)23-20-22-17-10-9-16(12-18(17)30-20)32(28,29)24-13(2)3/h4-10,12-13,21,24H,1,11H2,2-3H3,(H,22,23,25). The Morgan fingerprint density at radius 3 is 2.34 bits per heavy atom. The summed E-state index contributed by atoms with van der Waals surface area (Å²) < 4.78 is 54.4. The van der Waals surface area contributed by atoms with E-state index in [0.717, 1.165) is 11.3 Å². The third-order valence-corrected chi connectivity index (χ3v) is 8.16. The van der Waals surface area contributed by atoms with Crippen LogP contribution in [0.2, 0.25) is 0 Å². The number of hydrogen-bond acceptors (Lipinski definition) is 7. The van der Waals surface area contributed by atoms with Crippen LogP contribution in [0.5, 0.6) is 0 Å². The summed E-state index contributed by atoms with van der Waals surface area (Å²) in [5, 5.41) is 2.95. The Labute approximate surface area is 190 Å². The first-order chi connectivity index (χ1) is 15.0. The van der Waals surface area contributed by atoms with Crippen molar-refractivity contribution in [2.24, 2.45) is 0 Å². The van der Waals surface area contributed by atoms with Gasteiger partial charge in [0, 0.05) is 18.2 Å². The fourth-order valence-electron chi connectivity index (χ4n) is 2.71. The molecule has 0 radical (unpaired) electrons. The molecule has 0 aliphatic heterocycles. The summed E-state index contributed by atoms with van der Waals surface area (Å²) in [5.74, 6) is -0.471. The lowest BCUT2D eigenvalue weighted by Gasteiger charge is -2.09. The summed E-state index contributed by atoms with van der Waals surface area (Å²) in [4.78, 5) is 17.0. The molecule has 1 heterocycles. The predicted octanol–water partition coefficient (Wildman–Crippen LogP) is 2.70. The Kier molecular flexibility index (Phi) is 7.10. The van der Waals surface area contributed by atoms with Crippen molar-refractivity contribution in [2.75, 3.05) is 11.9 Å². The number of nitrogens with one attached hydrogen (secondary N) is 3. The first-order valence-electron chi connectivity index (χ1n) is 9.47. The van der Waals surface area contributed by atoms with Gasteiger partial charge in [0.15, 0.2) is 5.13 Å². The molecule has 0 saturated heterocycles. The molecule has 9 nitrogen and oxygen atoms in total. The summed E-state index contributed by atoms with van der Waals surface area (Å²) in [6.45, 7) is 7.02. The topological polar surface area (TPSA) is 134 Å². The fourth-order valence-corrected chi connectivity index (χ4v) is 5.96. The van der Waals surface area contributed by atoms with Gasteiger partial charge in [0.05, 0.1) is 20.0 Å². The van der Waals surface area contributed by atoms with Crippen molar-refractivity contribution in [1.82, 2.24) is 14.4 Å². The third-order valence-electron chi connectivity index (χ3n) is 4.13. The summed E-state index contributed by atoms with van der Waals surface area (Å²) in [7, 11) is -7.33. The molecule has 1 amide bonds. The molecule has 0 saturated carbocycles. The van der Waals surface area contributed by atoms with E-state index in [1.807, 2.05) is 0 Å². The minimum Gasteiger partial charge on any atom is -0.298 e. The summed E-state index contributed by atoms with van der Waals surface area (Å²) >= 11 is 1.14. The van der Waals surface area contributed by atoms with E-state index < -0.39 is 26.0 Å². The molecule has 0 spiro atoms. The number of amides is 1. The van der Waals surface area contributed by atoms with Crippen molar-refractivity contribution >= 4 is 52.6 Å². The van der Waals surface area contributed by atoms with Gasteiger partial charge in [0.2, 0.25) is 20.0 Å². The van der Waals surface area contributed by atoms with Crippen LogP contribution in [0.1, 0.15) is 24.2 Å². The van der Waals surface area contributed by atoms with Gasteiger partial charge in [-0.05, 0) is 56.3 Å². The van der Waals surface area contributed by atoms with Crippen LogP contribution < -0.4 is 14.8 Å². The summed E-state index contributed by atoms with van der Waals surface area (Å²) in [6, 6.07) is 9.75. The maximum atomic E-state index is 12.5. The second-order valence-electron chi connectivity index (χ2n) is 7.04. The molecule has 0 unspecified atom stereocenters. The van der Waals surface area contributed by atoms with Crippen molar-refractivity contribution < 1.29 is 21.6 Å². The Hall–Kier alpha value is -2.64. The largest absolute Gasteiger partial charge is 0.298 e. The van der Waals surface area contributed by atoms with Gasteiger partial charge in [-0.15, -0.1) is 6.58 Å². The van der Waals surface area contributed by atoms with Crippen LogP contribution in [0.3, 0.4) is 0 Å².